The molecular formula is C15H22O. The molecule has 2 rings (SSSR count). The highest BCUT2D eigenvalue weighted by molar-refractivity contribution is 5.30. The van der Waals surface area contributed by atoms with Crippen LogP contribution in [0.4, 0.5) is 0 Å². The fraction of sp³-hybridized carbons (Fsp3) is 0.600. The molecule has 0 saturated heterocycles. The van der Waals surface area contributed by atoms with Gasteiger partial charge in [-0.1, -0.05) is 32.4 Å². The van der Waals surface area contributed by atoms with Crippen LogP contribution in [0.3, 0.4) is 0 Å². The molecule has 0 radical (unpaired) electrons. The lowest BCUT2D eigenvalue weighted by molar-refractivity contribution is 0.155. The average molecular weight is 218 g/mol. The molecule has 1 saturated carbocycles. The SMILES string of the molecule is CC(C)c1cccc(OC2CCCCC2)c1. The van der Waals surface area contributed by atoms with E-state index >= 15 is 0 Å². The highest BCUT2D eigenvalue weighted by Crippen LogP contribution is 2.25. The molecule has 1 aromatic rings. The largest absolute Gasteiger partial charge is 0.490 e. The molecule has 0 N–H and O–H groups in total. The molecule has 1 aliphatic carbocycles. The van der Waals surface area contributed by atoms with Crippen LogP contribution >= 0.6 is 0 Å². The molecule has 1 nitrogen and oxygen atoms in total. The molecule has 0 bridgehead atoms. The van der Waals surface area contributed by atoms with Gasteiger partial charge in [0.1, 0.15) is 5.75 Å². The van der Waals surface area contributed by atoms with Crippen LogP contribution in [0, 0.1) is 0 Å². The third-order valence-electron chi connectivity index (χ3n) is 3.38. The molecule has 0 heterocycles. The lowest BCUT2D eigenvalue weighted by atomic mass is 9.97. The van der Waals surface area contributed by atoms with Crippen molar-refractivity contribution in [2.75, 3.05) is 0 Å². The zero-order valence-corrected chi connectivity index (χ0v) is 10.4. The van der Waals surface area contributed by atoms with E-state index in [4.69, 9.17) is 4.74 Å². The lowest BCUT2D eigenvalue weighted by Gasteiger charge is -2.23. The molecular weight excluding hydrogens is 196 g/mol. The van der Waals surface area contributed by atoms with E-state index in [9.17, 15) is 0 Å². The van der Waals surface area contributed by atoms with Crippen LogP contribution in [0.1, 0.15) is 57.4 Å². The molecule has 16 heavy (non-hydrogen) atoms. The Balaban J connectivity index is 2.00. The fourth-order valence-electron chi connectivity index (χ4n) is 2.32. The van der Waals surface area contributed by atoms with E-state index in [0.717, 1.165) is 5.75 Å². The second kappa shape index (κ2) is 5.38. The van der Waals surface area contributed by atoms with E-state index in [1.165, 1.54) is 37.7 Å². The number of rotatable bonds is 3. The summed E-state index contributed by atoms with van der Waals surface area (Å²) in [6, 6.07) is 8.56. The van der Waals surface area contributed by atoms with Gasteiger partial charge in [0.25, 0.3) is 0 Å². The van der Waals surface area contributed by atoms with Crippen LogP contribution in [0.5, 0.6) is 5.75 Å². The van der Waals surface area contributed by atoms with Crippen molar-refractivity contribution in [1.29, 1.82) is 0 Å². The zero-order valence-electron chi connectivity index (χ0n) is 10.4. The minimum atomic E-state index is 0.455. The van der Waals surface area contributed by atoms with Crippen molar-refractivity contribution in [3.05, 3.63) is 29.8 Å². The first-order valence-corrected chi connectivity index (χ1v) is 6.52. The Morgan fingerprint density at radius 1 is 1.12 bits per heavy atom. The van der Waals surface area contributed by atoms with Gasteiger partial charge in [-0.15, -0.1) is 0 Å². The van der Waals surface area contributed by atoms with Crippen molar-refractivity contribution in [2.24, 2.45) is 0 Å². The molecule has 1 aromatic carbocycles. The Bertz CT molecular complexity index is 324. The highest BCUT2D eigenvalue weighted by atomic mass is 16.5. The summed E-state index contributed by atoms with van der Waals surface area (Å²) in [7, 11) is 0. The van der Waals surface area contributed by atoms with Crippen molar-refractivity contribution in [1.82, 2.24) is 0 Å². The Morgan fingerprint density at radius 2 is 1.88 bits per heavy atom. The zero-order chi connectivity index (χ0) is 11.4. The lowest BCUT2D eigenvalue weighted by Crippen LogP contribution is -2.19. The number of ether oxygens (including phenoxy) is 1. The van der Waals surface area contributed by atoms with Gasteiger partial charge in [0, 0.05) is 0 Å². The van der Waals surface area contributed by atoms with Gasteiger partial charge in [-0.2, -0.15) is 0 Å². The summed E-state index contributed by atoms with van der Waals surface area (Å²) in [5.41, 5.74) is 1.37. The summed E-state index contributed by atoms with van der Waals surface area (Å²) < 4.78 is 6.05. The fourth-order valence-corrected chi connectivity index (χ4v) is 2.32. The van der Waals surface area contributed by atoms with Crippen LogP contribution in [0.15, 0.2) is 24.3 Å². The van der Waals surface area contributed by atoms with Gasteiger partial charge in [0.05, 0.1) is 6.10 Å². The van der Waals surface area contributed by atoms with Crippen molar-refractivity contribution < 1.29 is 4.74 Å². The van der Waals surface area contributed by atoms with Crippen LogP contribution in [0.25, 0.3) is 0 Å². The summed E-state index contributed by atoms with van der Waals surface area (Å²) in [4.78, 5) is 0. The first kappa shape index (κ1) is 11.5. The van der Waals surface area contributed by atoms with Crippen molar-refractivity contribution >= 4 is 0 Å². The topological polar surface area (TPSA) is 9.23 Å². The first-order chi connectivity index (χ1) is 7.75. The number of hydrogen-bond donors (Lipinski definition) is 0. The third-order valence-corrected chi connectivity index (χ3v) is 3.38. The Kier molecular flexibility index (Phi) is 3.87. The van der Waals surface area contributed by atoms with Crippen LogP contribution in [-0.4, -0.2) is 6.10 Å². The molecule has 0 atom stereocenters. The normalized spacial score (nSPS) is 17.7. The van der Waals surface area contributed by atoms with Gasteiger partial charge in [0.15, 0.2) is 0 Å². The highest BCUT2D eigenvalue weighted by Gasteiger charge is 2.14. The summed E-state index contributed by atoms with van der Waals surface area (Å²) in [6.45, 7) is 4.44. The van der Waals surface area contributed by atoms with Crippen molar-refractivity contribution in [3.8, 4) is 5.75 Å². The van der Waals surface area contributed by atoms with Crippen LogP contribution in [0.2, 0.25) is 0 Å². The van der Waals surface area contributed by atoms with Gasteiger partial charge in [-0.25, -0.2) is 0 Å². The second-order valence-corrected chi connectivity index (χ2v) is 5.11. The Labute approximate surface area is 98.8 Å². The minimum Gasteiger partial charge on any atom is -0.490 e. The summed E-state index contributed by atoms with van der Waals surface area (Å²) in [6.07, 6.45) is 6.95. The van der Waals surface area contributed by atoms with Crippen LogP contribution < -0.4 is 4.74 Å². The smallest absolute Gasteiger partial charge is 0.119 e. The maximum absolute atomic E-state index is 6.05. The second-order valence-electron chi connectivity index (χ2n) is 5.11. The third kappa shape index (κ3) is 3.01. The van der Waals surface area contributed by atoms with E-state index < -0.39 is 0 Å². The monoisotopic (exact) mass is 218 g/mol. The maximum atomic E-state index is 6.05. The van der Waals surface area contributed by atoms with Gasteiger partial charge in [-0.3, -0.25) is 0 Å². The number of hydrogen-bond acceptors (Lipinski definition) is 1. The summed E-state index contributed by atoms with van der Waals surface area (Å²) >= 11 is 0. The van der Waals surface area contributed by atoms with Crippen molar-refractivity contribution in [2.45, 2.75) is 58.0 Å². The quantitative estimate of drug-likeness (QED) is 0.724. The predicted octanol–water partition coefficient (Wildman–Crippen LogP) is 4.52. The van der Waals surface area contributed by atoms with E-state index in [2.05, 4.69) is 38.1 Å². The van der Waals surface area contributed by atoms with E-state index in [-0.39, 0.29) is 0 Å². The standard InChI is InChI=1S/C15H22O/c1-12(2)13-7-6-10-15(11-13)16-14-8-4-3-5-9-14/h6-7,10-12,14H,3-5,8-9H2,1-2H3. The van der Waals surface area contributed by atoms with Gasteiger partial charge < -0.3 is 4.74 Å². The first-order valence-electron chi connectivity index (χ1n) is 6.52. The molecule has 0 aliphatic heterocycles. The molecule has 0 unspecified atom stereocenters. The predicted molar refractivity (Wildman–Crippen MR) is 68.0 cm³/mol. The van der Waals surface area contributed by atoms with Crippen LogP contribution in [-0.2, 0) is 0 Å². The summed E-state index contributed by atoms with van der Waals surface area (Å²) in [5, 5.41) is 0. The molecule has 0 spiro atoms. The van der Waals surface area contributed by atoms with E-state index in [0.29, 0.717) is 12.0 Å². The maximum Gasteiger partial charge on any atom is 0.119 e. The molecule has 1 heteroatoms. The van der Waals surface area contributed by atoms with E-state index in [1.54, 1.807) is 0 Å². The Hall–Kier alpha value is -0.980. The van der Waals surface area contributed by atoms with Gasteiger partial charge >= 0.3 is 0 Å². The average Bonchev–Trinajstić information content (AvgIpc) is 2.30. The van der Waals surface area contributed by atoms with Gasteiger partial charge in [0.2, 0.25) is 0 Å². The molecule has 1 fully saturated rings. The molecule has 88 valence electrons. The van der Waals surface area contributed by atoms with Gasteiger partial charge in [-0.05, 0) is 49.3 Å². The Morgan fingerprint density at radius 3 is 2.56 bits per heavy atom. The van der Waals surface area contributed by atoms with E-state index in [1.807, 2.05) is 0 Å². The molecule has 0 aromatic heterocycles. The number of benzene rings is 1. The molecule has 0 amide bonds. The van der Waals surface area contributed by atoms with Crippen molar-refractivity contribution in [3.63, 3.8) is 0 Å². The minimum absolute atomic E-state index is 0.455. The molecule has 1 aliphatic rings. The summed E-state index contributed by atoms with van der Waals surface area (Å²) in [5.74, 6) is 1.63.